The average molecular weight is 310 g/mol. The summed E-state index contributed by atoms with van der Waals surface area (Å²) in [5.74, 6) is 0.515. The molecule has 1 N–H and O–H groups in total. The molecule has 0 aromatic carbocycles. The zero-order chi connectivity index (χ0) is 16.7. The van der Waals surface area contributed by atoms with E-state index in [9.17, 15) is 14.4 Å². The molecule has 1 rings (SSSR count). The van der Waals surface area contributed by atoms with Gasteiger partial charge in [-0.2, -0.15) is 0 Å². The van der Waals surface area contributed by atoms with Gasteiger partial charge in [-0.25, -0.2) is 0 Å². The number of rotatable bonds is 9. The number of carbonyl (C=O) groups excluding carboxylic acids is 3. The summed E-state index contributed by atoms with van der Waals surface area (Å²) in [7, 11) is 0. The highest BCUT2D eigenvalue weighted by molar-refractivity contribution is 6.03. The number of nitrogens with one attached hydrogen (secondary N) is 1. The Kier molecular flexibility index (Phi) is 7.56. The van der Waals surface area contributed by atoms with E-state index in [1.54, 1.807) is 0 Å². The lowest BCUT2D eigenvalue weighted by molar-refractivity contribution is -0.139. The largest absolute Gasteiger partial charge is 0.356 e. The molecule has 3 amide bonds. The average Bonchev–Trinajstić information content (AvgIpc) is 2.69. The molecule has 1 saturated heterocycles. The van der Waals surface area contributed by atoms with E-state index in [0.717, 1.165) is 19.3 Å². The van der Waals surface area contributed by atoms with E-state index in [1.807, 2.05) is 13.8 Å². The summed E-state index contributed by atoms with van der Waals surface area (Å²) in [6.07, 6.45) is 3.34. The molecule has 1 unspecified atom stereocenters. The normalized spacial score (nSPS) is 18.6. The van der Waals surface area contributed by atoms with Gasteiger partial charge in [-0.3, -0.25) is 19.3 Å². The van der Waals surface area contributed by atoms with E-state index < -0.39 is 0 Å². The molecule has 1 heterocycles. The van der Waals surface area contributed by atoms with Crippen molar-refractivity contribution in [3.63, 3.8) is 0 Å². The van der Waals surface area contributed by atoms with Crippen LogP contribution in [0.2, 0.25) is 0 Å². The minimum Gasteiger partial charge on any atom is -0.356 e. The topological polar surface area (TPSA) is 66.5 Å². The highest BCUT2D eigenvalue weighted by Crippen LogP contribution is 2.25. The molecular weight excluding hydrogens is 280 g/mol. The van der Waals surface area contributed by atoms with Gasteiger partial charge < -0.3 is 5.32 Å². The fraction of sp³-hybridized carbons (Fsp3) is 0.824. The minimum atomic E-state index is -0.176. The first-order valence-electron chi connectivity index (χ1n) is 8.42. The minimum absolute atomic E-state index is 0.0922. The number of hydrogen-bond acceptors (Lipinski definition) is 3. The summed E-state index contributed by atoms with van der Waals surface area (Å²) in [5.41, 5.74) is 0. The van der Waals surface area contributed by atoms with E-state index in [4.69, 9.17) is 0 Å². The Balaban J connectivity index is 2.36. The summed E-state index contributed by atoms with van der Waals surface area (Å²) in [4.78, 5) is 37.1. The molecule has 1 aliphatic rings. The number of carbonyl (C=O) groups is 3. The summed E-state index contributed by atoms with van der Waals surface area (Å²) < 4.78 is 0. The molecule has 0 spiro atoms. The van der Waals surface area contributed by atoms with Crippen molar-refractivity contribution in [2.24, 2.45) is 17.8 Å². The van der Waals surface area contributed by atoms with Gasteiger partial charge in [0.2, 0.25) is 17.7 Å². The van der Waals surface area contributed by atoms with Crippen LogP contribution in [0, 0.1) is 17.8 Å². The van der Waals surface area contributed by atoms with E-state index in [-0.39, 0.29) is 36.6 Å². The maximum atomic E-state index is 12.2. The maximum absolute atomic E-state index is 12.2. The monoisotopic (exact) mass is 310 g/mol. The maximum Gasteiger partial charge on any atom is 0.232 e. The zero-order valence-electron chi connectivity index (χ0n) is 14.4. The van der Waals surface area contributed by atoms with Crippen LogP contribution in [0.15, 0.2) is 0 Å². The van der Waals surface area contributed by atoms with Gasteiger partial charge in [-0.15, -0.1) is 0 Å². The third-order valence-corrected chi connectivity index (χ3v) is 3.94. The standard InChI is InChI=1S/C17H30N2O3/c1-12(2)6-5-7-14-10-16(21)19(17(14)22)9-8-15(20)18-11-13(3)4/h12-14H,5-11H2,1-4H3,(H,18,20). The van der Waals surface area contributed by atoms with Crippen LogP contribution >= 0.6 is 0 Å². The quantitative estimate of drug-likeness (QED) is 0.665. The van der Waals surface area contributed by atoms with Crippen LogP contribution in [0.25, 0.3) is 0 Å². The number of imide groups is 1. The fourth-order valence-corrected chi connectivity index (χ4v) is 2.60. The Morgan fingerprint density at radius 2 is 1.91 bits per heavy atom. The van der Waals surface area contributed by atoms with Crippen molar-refractivity contribution in [2.45, 2.75) is 59.8 Å². The van der Waals surface area contributed by atoms with Crippen molar-refractivity contribution < 1.29 is 14.4 Å². The van der Waals surface area contributed by atoms with Gasteiger partial charge in [-0.05, 0) is 18.3 Å². The summed E-state index contributed by atoms with van der Waals surface area (Å²) in [5, 5.41) is 2.81. The highest BCUT2D eigenvalue weighted by Gasteiger charge is 2.37. The Bertz CT molecular complexity index is 405. The smallest absolute Gasteiger partial charge is 0.232 e. The van der Waals surface area contributed by atoms with E-state index in [1.165, 1.54) is 4.90 Å². The van der Waals surface area contributed by atoms with Crippen LogP contribution in [0.3, 0.4) is 0 Å². The van der Waals surface area contributed by atoms with E-state index in [0.29, 0.717) is 24.8 Å². The van der Waals surface area contributed by atoms with Crippen LogP contribution in [0.5, 0.6) is 0 Å². The lowest BCUT2D eigenvalue weighted by Gasteiger charge is -2.15. The van der Waals surface area contributed by atoms with Crippen LogP contribution < -0.4 is 5.32 Å². The van der Waals surface area contributed by atoms with Gasteiger partial charge in [0.05, 0.1) is 0 Å². The molecule has 1 fully saturated rings. The molecule has 0 aromatic heterocycles. The predicted molar refractivity (Wildman–Crippen MR) is 86.0 cm³/mol. The van der Waals surface area contributed by atoms with Crippen LogP contribution in [-0.4, -0.2) is 35.7 Å². The molecule has 0 aromatic rings. The van der Waals surface area contributed by atoms with Crippen LogP contribution in [0.4, 0.5) is 0 Å². The number of nitrogens with zero attached hydrogens (tertiary/aromatic N) is 1. The summed E-state index contributed by atoms with van der Waals surface area (Å²) in [6.45, 7) is 9.19. The molecule has 0 aliphatic carbocycles. The lowest BCUT2D eigenvalue weighted by atomic mass is 9.97. The Morgan fingerprint density at radius 1 is 1.23 bits per heavy atom. The zero-order valence-corrected chi connectivity index (χ0v) is 14.4. The van der Waals surface area contributed by atoms with Gasteiger partial charge in [0.1, 0.15) is 0 Å². The summed E-state index contributed by atoms with van der Waals surface area (Å²) in [6, 6.07) is 0. The third-order valence-electron chi connectivity index (χ3n) is 3.94. The molecule has 0 saturated carbocycles. The Hall–Kier alpha value is -1.39. The molecule has 5 nitrogen and oxygen atoms in total. The van der Waals surface area contributed by atoms with Gasteiger partial charge in [0, 0.05) is 31.8 Å². The molecule has 0 bridgehead atoms. The van der Waals surface area contributed by atoms with Crippen molar-refractivity contribution in [3.8, 4) is 0 Å². The van der Waals surface area contributed by atoms with Crippen molar-refractivity contribution >= 4 is 17.7 Å². The van der Waals surface area contributed by atoms with Crippen molar-refractivity contribution in [3.05, 3.63) is 0 Å². The Morgan fingerprint density at radius 3 is 2.50 bits per heavy atom. The first-order chi connectivity index (χ1) is 10.3. The van der Waals surface area contributed by atoms with E-state index >= 15 is 0 Å². The highest BCUT2D eigenvalue weighted by atomic mass is 16.2. The molecular formula is C17H30N2O3. The molecule has 0 radical (unpaired) electrons. The second kappa shape index (κ2) is 8.91. The van der Waals surface area contributed by atoms with Gasteiger partial charge in [-0.1, -0.05) is 40.5 Å². The van der Waals surface area contributed by atoms with E-state index in [2.05, 4.69) is 19.2 Å². The molecule has 22 heavy (non-hydrogen) atoms. The van der Waals surface area contributed by atoms with Gasteiger partial charge in [0.15, 0.2) is 0 Å². The van der Waals surface area contributed by atoms with Gasteiger partial charge >= 0.3 is 0 Å². The summed E-state index contributed by atoms with van der Waals surface area (Å²) >= 11 is 0. The van der Waals surface area contributed by atoms with Crippen LogP contribution in [-0.2, 0) is 14.4 Å². The predicted octanol–water partition coefficient (Wildman–Crippen LogP) is 2.35. The molecule has 1 aliphatic heterocycles. The Labute approximate surface area is 133 Å². The second-order valence-electron chi connectivity index (χ2n) is 7.06. The number of likely N-dealkylation sites (tertiary alicyclic amines) is 1. The molecule has 126 valence electrons. The third kappa shape index (κ3) is 6.16. The van der Waals surface area contributed by atoms with Crippen LogP contribution in [0.1, 0.15) is 59.8 Å². The molecule has 5 heteroatoms. The lowest BCUT2D eigenvalue weighted by Crippen LogP contribution is -2.36. The number of hydrogen-bond donors (Lipinski definition) is 1. The second-order valence-corrected chi connectivity index (χ2v) is 7.06. The SMILES string of the molecule is CC(C)CCCC1CC(=O)N(CCC(=O)NCC(C)C)C1=O. The van der Waals surface area contributed by atoms with Crippen molar-refractivity contribution in [2.75, 3.05) is 13.1 Å². The number of amides is 3. The van der Waals surface area contributed by atoms with Crippen molar-refractivity contribution in [1.29, 1.82) is 0 Å². The fourth-order valence-electron chi connectivity index (χ4n) is 2.60. The van der Waals surface area contributed by atoms with Crippen molar-refractivity contribution in [1.82, 2.24) is 10.2 Å². The van der Waals surface area contributed by atoms with Gasteiger partial charge in [0.25, 0.3) is 0 Å². The first-order valence-corrected chi connectivity index (χ1v) is 8.42. The molecule has 1 atom stereocenters. The first kappa shape index (κ1) is 18.7.